The Labute approximate surface area is 168 Å². The van der Waals surface area contributed by atoms with E-state index in [1.165, 1.54) is 16.7 Å². The standard InChI is InChI=1S/C24H30N2O2/c1-4-22(27)26-16-14-24(15-17-26,23(28)25(2)3)18-19-10-12-21(13-11-19)20-8-6-5-7-9-20/h5-13H,4,14-18H2,1-3H3. The highest BCUT2D eigenvalue weighted by molar-refractivity contribution is 5.83. The Kier molecular flexibility index (Phi) is 6.18. The van der Waals surface area contributed by atoms with Crippen molar-refractivity contribution in [1.82, 2.24) is 9.80 Å². The number of carbonyl (C=O) groups is 2. The summed E-state index contributed by atoms with van der Waals surface area (Å²) in [4.78, 5) is 28.7. The zero-order valence-electron chi connectivity index (χ0n) is 17.1. The van der Waals surface area contributed by atoms with Crippen LogP contribution in [0.3, 0.4) is 0 Å². The molecule has 0 atom stereocenters. The van der Waals surface area contributed by atoms with Crippen molar-refractivity contribution in [2.45, 2.75) is 32.6 Å². The summed E-state index contributed by atoms with van der Waals surface area (Å²) in [5.41, 5.74) is 3.12. The van der Waals surface area contributed by atoms with Crippen LogP contribution in [0.5, 0.6) is 0 Å². The van der Waals surface area contributed by atoms with Crippen molar-refractivity contribution >= 4 is 11.8 Å². The van der Waals surface area contributed by atoms with Gasteiger partial charge < -0.3 is 9.80 Å². The fourth-order valence-corrected chi connectivity index (χ4v) is 4.18. The minimum Gasteiger partial charge on any atom is -0.348 e. The number of likely N-dealkylation sites (tertiary alicyclic amines) is 1. The van der Waals surface area contributed by atoms with Gasteiger partial charge in [0, 0.05) is 33.6 Å². The van der Waals surface area contributed by atoms with Gasteiger partial charge in [-0.15, -0.1) is 0 Å². The summed E-state index contributed by atoms with van der Waals surface area (Å²) in [6.07, 6.45) is 2.68. The minimum atomic E-state index is -0.428. The molecule has 1 fully saturated rings. The second-order valence-corrected chi connectivity index (χ2v) is 7.95. The molecule has 0 saturated carbocycles. The molecule has 0 radical (unpaired) electrons. The molecule has 28 heavy (non-hydrogen) atoms. The predicted molar refractivity (Wildman–Crippen MR) is 113 cm³/mol. The molecule has 0 bridgehead atoms. The monoisotopic (exact) mass is 378 g/mol. The molecule has 0 unspecified atom stereocenters. The Balaban J connectivity index is 1.79. The first kappa shape index (κ1) is 20.1. The molecule has 4 nitrogen and oxygen atoms in total. The second-order valence-electron chi connectivity index (χ2n) is 7.95. The average Bonchev–Trinajstić information content (AvgIpc) is 2.74. The van der Waals surface area contributed by atoms with Crippen LogP contribution >= 0.6 is 0 Å². The first-order valence-electron chi connectivity index (χ1n) is 10.1. The quantitative estimate of drug-likeness (QED) is 0.789. The normalized spacial score (nSPS) is 15.9. The van der Waals surface area contributed by atoms with Crippen molar-refractivity contribution in [3.63, 3.8) is 0 Å². The number of rotatable bonds is 5. The Morgan fingerprint density at radius 2 is 1.50 bits per heavy atom. The summed E-state index contributed by atoms with van der Waals surface area (Å²) < 4.78 is 0. The number of hydrogen-bond acceptors (Lipinski definition) is 2. The molecule has 0 N–H and O–H groups in total. The highest BCUT2D eigenvalue weighted by Crippen LogP contribution is 2.37. The van der Waals surface area contributed by atoms with Gasteiger partial charge in [0.15, 0.2) is 0 Å². The van der Waals surface area contributed by atoms with Gasteiger partial charge in [-0.05, 0) is 36.0 Å². The third-order valence-corrected chi connectivity index (χ3v) is 5.84. The Morgan fingerprint density at radius 1 is 0.929 bits per heavy atom. The van der Waals surface area contributed by atoms with Gasteiger partial charge in [0.25, 0.3) is 0 Å². The molecule has 1 aliphatic heterocycles. The van der Waals surface area contributed by atoms with Crippen LogP contribution in [0.25, 0.3) is 11.1 Å². The minimum absolute atomic E-state index is 0.170. The van der Waals surface area contributed by atoms with Crippen LogP contribution in [0.15, 0.2) is 54.6 Å². The van der Waals surface area contributed by atoms with Crippen LogP contribution in [-0.2, 0) is 16.0 Å². The molecular weight excluding hydrogens is 348 g/mol. The molecule has 0 aliphatic carbocycles. The fourth-order valence-electron chi connectivity index (χ4n) is 4.18. The van der Waals surface area contributed by atoms with E-state index in [4.69, 9.17) is 0 Å². The third-order valence-electron chi connectivity index (χ3n) is 5.84. The molecule has 2 aromatic carbocycles. The van der Waals surface area contributed by atoms with E-state index in [2.05, 4.69) is 36.4 Å². The molecule has 3 rings (SSSR count). The van der Waals surface area contributed by atoms with Crippen LogP contribution in [0.2, 0.25) is 0 Å². The number of hydrogen-bond donors (Lipinski definition) is 0. The lowest BCUT2D eigenvalue weighted by molar-refractivity contribution is -0.146. The van der Waals surface area contributed by atoms with Gasteiger partial charge in [-0.1, -0.05) is 61.5 Å². The number of benzene rings is 2. The first-order valence-corrected chi connectivity index (χ1v) is 10.1. The van der Waals surface area contributed by atoms with Gasteiger partial charge in [-0.2, -0.15) is 0 Å². The number of amides is 2. The SMILES string of the molecule is CCC(=O)N1CCC(Cc2ccc(-c3ccccc3)cc2)(C(=O)N(C)C)CC1. The van der Waals surface area contributed by atoms with E-state index in [1.54, 1.807) is 4.90 Å². The predicted octanol–water partition coefficient (Wildman–Crippen LogP) is 4.00. The van der Waals surface area contributed by atoms with Gasteiger partial charge in [0.2, 0.25) is 11.8 Å². The molecule has 1 heterocycles. The molecule has 4 heteroatoms. The van der Waals surface area contributed by atoms with Gasteiger partial charge in [-0.25, -0.2) is 0 Å². The van der Waals surface area contributed by atoms with Gasteiger partial charge in [0.1, 0.15) is 0 Å². The summed E-state index contributed by atoms with van der Waals surface area (Å²) in [6.45, 7) is 3.21. The molecule has 148 valence electrons. The summed E-state index contributed by atoms with van der Waals surface area (Å²) in [5, 5.41) is 0. The zero-order chi connectivity index (χ0) is 20.1. The van der Waals surface area contributed by atoms with Crippen molar-refractivity contribution in [2.24, 2.45) is 5.41 Å². The molecule has 0 spiro atoms. The lowest BCUT2D eigenvalue weighted by Gasteiger charge is -2.42. The number of carbonyl (C=O) groups excluding carboxylic acids is 2. The van der Waals surface area contributed by atoms with Crippen molar-refractivity contribution in [3.05, 3.63) is 60.2 Å². The fraction of sp³-hybridized carbons (Fsp3) is 0.417. The average molecular weight is 379 g/mol. The summed E-state index contributed by atoms with van der Waals surface area (Å²) in [7, 11) is 3.65. The maximum atomic E-state index is 13.1. The van der Waals surface area contributed by atoms with Crippen molar-refractivity contribution < 1.29 is 9.59 Å². The highest BCUT2D eigenvalue weighted by atomic mass is 16.2. The van der Waals surface area contributed by atoms with E-state index < -0.39 is 5.41 Å². The van der Waals surface area contributed by atoms with Gasteiger partial charge >= 0.3 is 0 Å². The molecule has 1 saturated heterocycles. The van der Waals surface area contributed by atoms with E-state index >= 15 is 0 Å². The topological polar surface area (TPSA) is 40.6 Å². The smallest absolute Gasteiger partial charge is 0.228 e. The summed E-state index contributed by atoms with van der Waals surface area (Å²) in [5.74, 6) is 0.348. The Hall–Kier alpha value is -2.62. The largest absolute Gasteiger partial charge is 0.348 e. The van der Waals surface area contributed by atoms with Crippen LogP contribution in [-0.4, -0.2) is 48.8 Å². The molecular formula is C24H30N2O2. The van der Waals surface area contributed by atoms with Gasteiger partial charge in [0.05, 0.1) is 5.41 Å². The lowest BCUT2D eigenvalue weighted by Crippen LogP contribution is -2.50. The summed E-state index contributed by atoms with van der Waals surface area (Å²) in [6, 6.07) is 18.8. The molecule has 2 amide bonds. The Bertz CT molecular complexity index is 804. The summed E-state index contributed by atoms with van der Waals surface area (Å²) >= 11 is 0. The number of nitrogens with zero attached hydrogens (tertiary/aromatic N) is 2. The third kappa shape index (κ3) is 4.27. The molecule has 0 aromatic heterocycles. The number of piperidine rings is 1. The maximum Gasteiger partial charge on any atom is 0.228 e. The van der Waals surface area contributed by atoms with Gasteiger partial charge in [-0.3, -0.25) is 9.59 Å². The van der Waals surface area contributed by atoms with E-state index in [9.17, 15) is 9.59 Å². The van der Waals surface area contributed by atoms with Crippen LogP contribution in [0.4, 0.5) is 0 Å². The van der Waals surface area contributed by atoms with Crippen LogP contribution in [0, 0.1) is 5.41 Å². The van der Waals surface area contributed by atoms with E-state index in [0.29, 0.717) is 25.9 Å². The molecule has 1 aliphatic rings. The van der Waals surface area contributed by atoms with E-state index in [1.807, 2.05) is 44.1 Å². The van der Waals surface area contributed by atoms with Crippen molar-refractivity contribution in [2.75, 3.05) is 27.2 Å². The molecule has 2 aromatic rings. The van der Waals surface area contributed by atoms with E-state index in [-0.39, 0.29) is 11.8 Å². The zero-order valence-corrected chi connectivity index (χ0v) is 17.1. The second kappa shape index (κ2) is 8.59. The van der Waals surface area contributed by atoms with Crippen molar-refractivity contribution in [3.8, 4) is 11.1 Å². The Morgan fingerprint density at radius 3 is 2.04 bits per heavy atom. The van der Waals surface area contributed by atoms with Crippen molar-refractivity contribution in [1.29, 1.82) is 0 Å². The van der Waals surface area contributed by atoms with Crippen LogP contribution < -0.4 is 0 Å². The lowest BCUT2D eigenvalue weighted by atomic mass is 9.72. The maximum absolute atomic E-state index is 13.1. The highest BCUT2D eigenvalue weighted by Gasteiger charge is 2.42. The first-order chi connectivity index (χ1) is 13.4. The van der Waals surface area contributed by atoms with E-state index in [0.717, 1.165) is 12.8 Å². The van der Waals surface area contributed by atoms with Crippen LogP contribution in [0.1, 0.15) is 31.7 Å².